The van der Waals surface area contributed by atoms with E-state index in [-0.39, 0.29) is 36.7 Å². The highest BCUT2D eigenvalue weighted by atomic mass is 32.1. The molecular weight excluding hydrogens is 645 g/mol. The molecule has 1 aliphatic heterocycles. The number of nitrogens with zero attached hydrogens (tertiary/aromatic N) is 3. The SMILES string of the molecule is CC(C)C1CCC(c2ccc(-c3cnc(-c4ccc(C[C@H](NC(=O)c5ccc(C(C)(C)C)s5)C(=O)N5CC(C(=O)O)C5)cc4)nc3)cc2)CC1. The van der Waals surface area contributed by atoms with Crippen LogP contribution in [0.2, 0.25) is 0 Å². The number of nitrogens with one attached hydrogen (secondary N) is 1. The number of benzene rings is 2. The number of amides is 2. The van der Waals surface area contributed by atoms with Gasteiger partial charge in [0.1, 0.15) is 6.04 Å². The molecule has 4 aromatic rings. The summed E-state index contributed by atoms with van der Waals surface area (Å²) in [6.07, 6.45) is 9.15. The third-order valence-electron chi connectivity index (χ3n) is 10.4. The van der Waals surface area contributed by atoms with Crippen LogP contribution in [0.1, 0.15) is 91.9 Å². The molecule has 1 saturated carbocycles. The number of likely N-dealkylation sites (tertiary alicyclic amines) is 1. The van der Waals surface area contributed by atoms with Crippen molar-refractivity contribution in [3.05, 3.63) is 93.9 Å². The van der Waals surface area contributed by atoms with Gasteiger partial charge in [-0.05, 0) is 77.7 Å². The van der Waals surface area contributed by atoms with Crippen molar-refractivity contribution in [3.63, 3.8) is 0 Å². The number of carbonyl (C=O) groups excluding carboxylic acids is 2. The fraction of sp³-hybridized carbons (Fsp3) is 0.439. The average molecular weight is 693 g/mol. The number of carbonyl (C=O) groups is 3. The van der Waals surface area contributed by atoms with Gasteiger partial charge in [0.05, 0.1) is 10.8 Å². The van der Waals surface area contributed by atoms with Gasteiger partial charge in [-0.25, -0.2) is 9.97 Å². The monoisotopic (exact) mass is 692 g/mol. The van der Waals surface area contributed by atoms with Gasteiger partial charge in [0.25, 0.3) is 5.91 Å². The summed E-state index contributed by atoms with van der Waals surface area (Å²) in [5.41, 5.74) is 5.10. The maximum absolute atomic E-state index is 13.5. The first-order valence-electron chi connectivity index (χ1n) is 17.8. The highest BCUT2D eigenvalue weighted by Crippen LogP contribution is 2.39. The summed E-state index contributed by atoms with van der Waals surface area (Å²) >= 11 is 1.42. The number of carboxylic acid groups (broad SMARTS) is 1. The molecule has 2 aromatic heterocycles. The molecular formula is C41H48N4O4S. The zero-order chi connectivity index (χ0) is 35.6. The van der Waals surface area contributed by atoms with Crippen molar-refractivity contribution >= 4 is 29.1 Å². The second kappa shape index (κ2) is 14.9. The van der Waals surface area contributed by atoms with Gasteiger partial charge in [-0.3, -0.25) is 14.4 Å². The first-order valence-corrected chi connectivity index (χ1v) is 18.6. The molecule has 0 unspecified atom stereocenters. The molecule has 1 atom stereocenters. The van der Waals surface area contributed by atoms with Gasteiger partial charge in [0.15, 0.2) is 5.82 Å². The largest absolute Gasteiger partial charge is 0.481 e. The van der Waals surface area contributed by atoms with Crippen molar-refractivity contribution in [1.29, 1.82) is 0 Å². The number of hydrogen-bond donors (Lipinski definition) is 2. The number of hydrogen-bond acceptors (Lipinski definition) is 6. The molecule has 3 heterocycles. The molecule has 1 saturated heterocycles. The summed E-state index contributed by atoms with van der Waals surface area (Å²) in [5, 5.41) is 12.3. The molecule has 2 aromatic carbocycles. The Morgan fingerprint density at radius 1 is 0.860 bits per heavy atom. The lowest BCUT2D eigenvalue weighted by Gasteiger charge is -2.38. The zero-order valence-electron chi connectivity index (χ0n) is 29.7. The lowest BCUT2D eigenvalue weighted by Crippen LogP contribution is -2.59. The van der Waals surface area contributed by atoms with Crippen LogP contribution in [0.5, 0.6) is 0 Å². The molecule has 0 spiro atoms. The Morgan fingerprint density at radius 2 is 1.48 bits per heavy atom. The quantitative estimate of drug-likeness (QED) is 0.174. The van der Waals surface area contributed by atoms with E-state index in [0.29, 0.717) is 16.6 Å². The van der Waals surface area contributed by atoms with Crippen molar-refractivity contribution in [2.24, 2.45) is 17.8 Å². The second-order valence-electron chi connectivity index (χ2n) is 15.4. The van der Waals surface area contributed by atoms with E-state index in [9.17, 15) is 19.5 Å². The molecule has 2 aliphatic rings. The van der Waals surface area contributed by atoms with Crippen LogP contribution in [0.25, 0.3) is 22.5 Å². The van der Waals surface area contributed by atoms with E-state index in [2.05, 4.69) is 74.2 Å². The maximum atomic E-state index is 13.5. The molecule has 1 aliphatic carbocycles. The van der Waals surface area contributed by atoms with Crippen LogP contribution in [-0.2, 0) is 21.4 Å². The summed E-state index contributed by atoms with van der Waals surface area (Å²) in [5.74, 6) is 0.793. The lowest BCUT2D eigenvalue weighted by atomic mass is 9.75. The van der Waals surface area contributed by atoms with Crippen LogP contribution in [0.15, 0.2) is 73.1 Å². The molecule has 2 fully saturated rings. The summed E-state index contributed by atoms with van der Waals surface area (Å²) in [6.45, 7) is 11.3. The van der Waals surface area contributed by atoms with E-state index >= 15 is 0 Å². The number of thiophene rings is 1. The van der Waals surface area contributed by atoms with Crippen LogP contribution in [0, 0.1) is 17.8 Å². The van der Waals surface area contributed by atoms with Gasteiger partial charge in [-0.1, -0.05) is 83.1 Å². The van der Waals surface area contributed by atoms with Gasteiger partial charge < -0.3 is 15.3 Å². The Kier molecular flexibility index (Phi) is 10.5. The molecule has 2 amide bonds. The first kappa shape index (κ1) is 35.5. The summed E-state index contributed by atoms with van der Waals surface area (Å²) in [7, 11) is 0. The van der Waals surface area contributed by atoms with E-state index in [1.54, 1.807) is 6.07 Å². The Bertz CT molecular complexity index is 1790. The molecule has 0 radical (unpaired) electrons. The molecule has 9 heteroatoms. The van der Waals surface area contributed by atoms with Crippen molar-refractivity contribution in [2.45, 2.75) is 84.1 Å². The van der Waals surface area contributed by atoms with Crippen LogP contribution < -0.4 is 5.32 Å². The van der Waals surface area contributed by atoms with Crippen molar-refractivity contribution in [2.75, 3.05) is 13.1 Å². The molecule has 0 bridgehead atoms. The number of aromatic nitrogens is 2. The summed E-state index contributed by atoms with van der Waals surface area (Å²) < 4.78 is 0. The van der Waals surface area contributed by atoms with Gasteiger partial charge >= 0.3 is 5.97 Å². The molecule has 2 N–H and O–H groups in total. The molecule has 50 heavy (non-hydrogen) atoms. The van der Waals surface area contributed by atoms with E-state index < -0.39 is 17.9 Å². The smallest absolute Gasteiger partial charge is 0.310 e. The fourth-order valence-electron chi connectivity index (χ4n) is 7.05. The van der Waals surface area contributed by atoms with Gasteiger partial charge in [0.2, 0.25) is 5.91 Å². The third-order valence-corrected chi connectivity index (χ3v) is 12.0. The number of carboxylic acids is 1. The topological polar surface area (TPSA) is 112 Å². The zero-order valence-corrected chi connectivity index (χ0v) is 30.5. The van der Waals surface area contributed by atoms with Crippen LogP contribution in [-0.4, -0.2) is 56.9 Å². The van der Waals surface area contributed by atoms with Gasteiger partial charge in [0, 0.05) is 47.9 Å². The lowest BCUT2D eigenvalue weighted by molar-refractivity contribution is -0.153. The molecule has 8 nitrogen and oxygen atoms in total. The van der Waals surface area contributed by atoms with Gasteiger partial charge in [-0.15, -0.1) is 11.3 Å². The van der Waals surface area contributed by atoms with E-state index in [1.165, 1.54) is 47.5 Å². The Morgan fingerprint density at radius 3 is 2.04 bits per heavy atom. The second-order valence-corrected chi connectivity index (χ2v) is 16.5. The predicted octanol–water partition coefficient (Wildman–Crippen LogP) is 7.98. The Labute approximate surface area is 299 Å². The van der Waals surface area contributed by atoms with Crippen molar-refractivity contribution in [1.82, 2.24) is 20.2 Å². The van der Waals surface area contributed by atoms with Gasteiger partial charge in [-0.2, -0.15) is 0 Å². The maximum Gasteiger partial charge on any atom is 0.310 e. The summed E-state index contributed by atoms with van der Waals surface area (Å²) in [6, 6.07) is 19.5. The molecule has 262 valence electrons. The fourth-order valence-corrected chi connectivity index (χ4v) is 8.01. The van der Waals surface area contributed by atoms with E-state index in [4.69, 9.17) is 0 Å². The Balaban J connectivity index is 1.11. The molecule has 6 rings (SSSR count). The normalized spacial score (nSPS) is 18.8. The highest BCUT2D eigenvalue weighted by Gasteiger charge is 2.39. The minimum atomic E-state index is -0.916. The van der Waals surface area contributed by atoms with Crippen LogP contribution >= 0.6 is 11.3 Å². The first-order chi connectivity index (χ1) is 23.9. The minimum absolute atomic E-state index is 0.0919. The van der Waals surface area contributed by atoms with E-state index in [1.807, 2.05) is 42.7 Å². The standard InChI is InChI=1S/C41H48N4O4S/c1-25(2)27-10-12-28(13-11-27)29-14-16-30(17-15-29)32-21-42-37(43-22-32)31-8-6-26(7-9-31)20-34(39(47)45-23-33(24-45)40(48)49)44-38(46)35-18-19-36(50-35)41(3,4)5/h6-9,14-19,21-22,25,27-28,33-34H,10-13,20,23-24H2,1-5H3,(H,44,46)(H,48,49)/t27?,28?,34-/m0/s1. The summed E-state index contributed by atoms with van der Waals surface area (Å²) in [4.78, 5) is 50.6. The van der Waals surface area contributed by atoms with E-state index in [0.717, 1.165) is 39.0 Å². The Hall–Kier alpha value is -4.37. The minimum Gasteiger partial charge on any atom is -0.481 e. The van der Waals surface area contributed by atoms with Crippen molar-refractivity contribution < 1.29 is 19.5 Å². The van der Waals surface area contributed by atoms with Crippen LogP contribution in [0.3, 0.4) is 0 Å². The van der Waals surface area contributed by atoms with Crippen LogP contribution in [0.4, 0.5) is 0 Å². The highest BCUT2D eigenvalue weighted by molar-refractivity contribution is 7.14. The van der Waals surface area contributed by atoms with Crippen molar-refractivity contribution in [3.8, 4) is 22.5 Å². The average Bonchev–Trinajstić information content (AvgIpc) is 3.60. The number of aliphatic carboxylic acids is 1. The number of rotatable bonds is 10. The third kappa shape index (κ3) is 8.15. The predicted molar refractivity (Wildman–Crippen MR) is 198 cm³/mol.